The van der Waals surface area contributed by atoms with Crippen LogP contribution in [-0.2, 0) is 16.1 Å². The Kier molecular flexibility index (Phi) is 3.27. The number of aromatic nitrogens is 2. The van der Waals surface area contributed by atoms with E-state index in [2.05, 4.69) is 10.3 Å². The first-order chi connectivity index (χ1) is 8.58. The van der Waals surface area contributed by atoms with E-state index < -0.39 is 12.0 Å². The highest BCUT2D eigenvalue weighted by Crippen LogP contribution is 2.12. The third-order valence-electron chi connectivity index (χ3n) is 2.58. The monoisotopic (exact) mass is 247 g/mol. The van der Waals surface area contributed by atoms with E-state index in [9.17, 15) is 9.59 Å². The number of fused-ring (bicyclic) bond motifs is 1. The number of rotatable bonds is 4. The Bertz CT molecular complexity index is 591. The van der Waals surface area contributed by atoms with Gasteiger partial charge in [-0.05, 0) is 18.2 Å². The Morgan fingerprint density at radius 1 is 1.50 bits per heavy atom. The Hall–Kier alpha value is -2.37. The molecule has 94 valence electrons. The van der Waals surface area contributed by atoms with Crippen LogP contribution in [0.1, 0.15) is 6.92 Å². The summed E-state index contributed by atoms with van der Waals surface area (Å²) >= 11 is 0. The number of nitrogens with one attached hydrogen (secondary N) is 1. The molecule has 2 rings (SSSR count). The summed E-state index contributed by atoms with van der Waals surface area (Å²) < 4.78 is 1.71. The number of amides is 1. The summed E-state index contributed by atoms with van der Waals surface area (Å²) in [5, 5.41) is 12.4. The van der Waals surface area contributed by atoms with Crippen LogP contribution in [0.5, 0.6) is 0 Å². The van der Waals surface area contributed by atoms with Crippen LogP contribution in [0.15, 0.2) is 30.6 Å². The number of hydrogen-bond acceptors (Lipinski definition) is 3. The van der Waals surface area contributed by atoms with E-state index in [0.29, 0.717) is 5.65 Å². The Morgan fingerprint density at radius 2 is 2.28 bits per heavy atom. The Labute approximate surface area is 103 Å². The van der Waals surface area contributed by atoms with Gasteiger partial charge in [0, 0.05) is 24.7 Å². The van der Waals surface area contributed by atoms with Crippen LogP contribution in [0.3, 0.4) is 0 Å². The van der Waals surface area contributed by atoms with Crippen LogP contribution in [0.2, 0.25) is 0 Å². The van der Waals surface area contributed by atoms with Gasteiger partial charge < -0.3 is 15.0 Å². The molecule has 0 bridgehead atoms. The van der Waals surface area contributed by atoms with Gasteiger partial charge in [-0.1, -0.05) is 0 Å². The second-order valence-electron chi connectivity index (χ2n) is 3.98. The molecule has 2 heterocycles. The maximum absolute atomic E-state index is 11.0. The van der Waals surface area contributed by atoms with Crippen molar-refractivity contribution < 1.29 is 14.7 Å². The number of pyridine rings is 1. The average molecular weight is 247 g/mol. The van der Waals surface area contributed by atoms with Gasteiger partial charge in [-0.15, -0.1) is 0 Å². The van der Waals surface area contributed by atoms with Gasteiger partial charge >= 0.3 is 5.97 Å². The highest BCUT2D eigenvalue weighted by atomic mass is 16.4. The summed E-state index contributed by atoms with van der Waals surface area (Å²) in [6.45, 7) is 1.44. The van der Waals surface area contributed by atoms with Crippen molar-refractivity contribution in [2.75, 3.05) is 0 Å². The predicted molar refractivity (Wildman–Crippen MR) is 65.0 cm³/mol. The van der Waals surface area contributed by atoms with Gasteiger partial charge in [0.2, 0.25) is 5.91 Å². The molecule has 1 atom stereocenters. The standard InChI is InChI=1S/C12H13N3O3/c1-8(16)14-10(12(17)18)7-15-6-4-9-3-2-5-13-11(9)15/h2-6,10H,7H2,1H3,(H,14,16)(H,17,18). The lowest BCUT2D eigenvalue weighted by molar-refractivity contribution is -0.141. The first-order valence-corrected chi connectivity index (χ1v) is 5.47. The molecule has 0 aliphatic rings. The maximum atomic E-state index is 11.0. The third-order valence-corrected chi connectivity index (χ3v) is 2.58. The maximum Gasteiger partial charge on any atom is 0.328 e. The number of carbonyl (C=O) groups is 2. The second-order valence-corrected chi connectivity index (χ2v) is 3.98. The summed E-state index contributed by atoms with van der Waals surface area (Å²) in [5.74, 6) is -1.44. The van der Waals surface area contributed by atoms with Crippen molar-refractivity contribution in [2.24, 2.45) is 0 Å². The van der Waals surface area contributed by atoms with Gasteiger partial charge in [-0.3, -0.25) is 4.79 Å². The highest BCUT2D eigenvalue weighted by molar-refractivity contribution is 5.82. The molecule has 2 N–H and O–H groups in total. The van der Waals surface area contributed by atoms with E-state index in [1.807, 2.05) is 18.2 Å². The van der Waals surface area contributed by atoms with E-state index in [1.165, 1.54) is 6.92 Å². The van der Waals surface area contributed by atoms with Crippen molar-refractivity contribution in [3.63, 3.8) is 0 Å². The number of carboxylic acid groups (broad SMARTS) is 1. The fourth-order valence-corrected chi connectivity index (χ4v) is 1.80. The van der Waals surface area contributed by atoms with Gasteiger partial charge in [0.05, 0.1) is 6.54 Å². The molecule has 0 aliphatic heterocycles. The first kappa shape index (κ1) is 12.1. The quantitative estimate of drug-likeness (QED) is 0.829. The smallest absolute Gasteiger partial charge is 0.328 e. The molecule has 0 aliphatic carbocycles. The molecule has 1 unspecified atom stereocenters. The zero-order valence-electron chi connectivity index (χ0n) is 9.83. The summed E-state index contributed by atoms with van der Waals surface area (Å²) in [5.41, 5.74) is 0.703. The predicted octanol–water partition coefficient (Wildman–Crippen LogP) is 0.626. The van der Waals surface area contributed by atoms with Crippen LogP contribution < -0.4 is 5.32 Å². The van der Waals surface area contributed by atoms with Gasteiger partial charge in [0.15, 0.2) is 0 Å². The lowest BCUT2D eigenvalue weighted by atomic mass is 10.3. The van der Waals surface area contributed by atoms with Crippen LogP contribution in [-0.4, -0.2) is 32.6 Å². The largest absolute Gasteiger partial charge is 0.480 e. The van der Waals surface area contributed by atoms with E-state index >= 15 is 0 Å². The van der Waals surface area contributed by atoms with Gasteiger partial charge in [0.25, 0.3) is 0 Å². The van der Waals surface area contributed by atoms with Crippen LogP contribution in [0.4, 0.5) is 0 Å². The number of carbonyl (C=O) groups excluding carboxylic acids is 1. The Morgan fingerprint density at radius 3 is 2.94 bits per heavy atom. The molecule has 18 heavy (non-hydrogen) atoms. The molecule has 2 aromatic heterocycles. The van der Waals surface area contributed by atoms with Crippen molar-refractivity contribution in [1.82, 2.24) is 14.9 Å². The molecule has 0 fully saturated rings. The first-order valence-electron chi connectivity index (χ1n) is 5.47. The minimum atomic E-state index is -1.07. The summed E-state index contributed by atoms with van der Waals surface area (Å²) in [4.78, 5) is 26.2. The second kappa shape index (κ2) is 4.87. The lowest BCUT2D eigenvalue weighted by Crippen LogP contribution is -2.42. The molecule has 1 amide bonds. The fraction of sp³-hybridized carbons (Fsp3) is 0.250. The zero-order valence-corrected chi connectivity index (χ0v) is 9.83. The van der Waals surface area contributed by atoms with E-state index in [0.717, 1.165) is 5.39 Å². The molecule has 2 aromatic rings. The zero-order chi connectivity index (χ0) is 13.1. The molecular weight excluding hydrogens is 234 g/mol. The summed E-state index contributed by atoms with van der Waals surface area (Å²) in [7, 11) is 0. The lowest BCUT2D eigenvalue weighted by Gasteiger charge is -2.14. The van der Waals surface area contributed by atoms with Crippen molar-refractivity contribution in [3.8, 4) is 0 Å². The normalized spacial score (nSPS) is 12.3. The summed E-state index contributed by atoms with van der Waals surface area (Å²) in [6, 6.07) is 4.61. The van der Waals surface area contributed by atoms with Gasteiger partial charge in [-0.25, -0.2) is 9.78 Å². The molecule has 0 saturated carbocycles. The Balaban J connectivity index is 2.26. The van der Waals surface area contributed by atoms with Crippen molar-refractivity contribution in [1.29, 1.82) is 0 Å². The van der Waals surface area contributed by atoms with Crippen LogP contribution >= 0.6 is 0 Å². The molecular formula is C12H13N3O3. The van der Waals surface area contributed by atoms with E-state index in [-0.39, 0.29) is 12.5 Å². The molecule has 0 saturated heterocycles. The van der Waals surface area contributed by atoms with Crippen LogP contribution in [0.25, 0.3) is 11.0 Å². The molecule has 6 heteroatoms. The van der Waals surface area contributed by atoms with Gasteiger partial charge in [0.1, 0.15) is 11.7 Å². The number of hydrogen-bond donors (Lipinski definition) is 2. The molecule has 0 radical (unpaired) electrons. The molecule has 0 aromatic carbocycles. The number of aliphatic carboxylic acids is 1. The number of carboxylic acids is 1. The van der Waals surface area contributed by atoms with E-state index in [4.69, 9.17) is 5.11 Å². The fourth-order valence-electron chi connectivity index (χ4n) is 1.80. The minimum absolute atomic E-state index is 0.148. The molecule has 6 nitrogen and oxygen atoms in total. The third kappa shape index (κ3) is 2.48. The van der Waals surface area contributed by atoms with Crippen molar-refractivity contribution in [3.05, 3.63) is 30.6 Å². The number of nitrogens with zero attached hydrogens (tertiary/aromatic N) is 2. The topological polar surface area (TPSA) is 84.2 Å². The van der Waals surface area contributed by atoms with E-state index in [1.54, 1.807) is 17.0 Å². The van der Waals surface area contributed by atoms with Gasteiger partial charge in [-0.2, -0.15) is 0 Å². The summed E-state index contributed by atoms with van der Waals surface area (Å²) in [6.07, 6.45) is 3.41. The van der Waals surface area contributed by atoms with Crippen molar-refractivity contribution in [2.45, 2.75) is 19.5 Å². The van der Waals surface area contributed by atoms with Crippen LogP contribution in [0, 0.1) is 0 Å². The minimum Gasteiger partial charge on any atom is -0.480 e. The van der Waals surface area contributed by atoms with Crippen molar-refractivity contribution >= 4 is 22.9 Å². The highest BCUT2D eigenvalue weighted by Gasteiger charge is 2.19. The average Bonchev–Trinajstić information content (AvgIpc) is 2.71. The SMILES string of the molecule is CC(=O)NC(Cn1ccc2cccnc21)C(=O)O. The molecule has 0 spiro atoms.